The van der Waals surface area contributed by atoms with Crippen molar-refractivity contribution in [1.82, 2.24) is 62.6 Å². The van der Waals surface area contributed by atoms with Gasteiger partial charge in [-0.15, -0.1) is 0 Å². The molecule has 12 amide bonds. The summed E-state index contributed by atoms with van der Waals surface area (Å²) in [4.78, 5) is 194. The molecule has 32 nitrogen and oxygen atoms in total. The average molecular weight is 1320 g/mol. The Morgan fingerprint density at radius 1 is 0.574 bits per heavy atom. The lowest BCUT2D eigenvalue weighted by Gasteiger charge is -2.34. The predicted molar refractivity (Wildman–Crippen MR) is 342 cm³/mol. The highest BCUT2D eigenvalue weighted by Gasteiger charge is 2.45. The van der Waals surface area contributed by atoms with E-state index >= 15 is 0 Å². The van der Waals surface area contributed by atoms with Crippen LogP contribution >= 0.6 is 0 Å². The van der Waals surface area contributed by atoms with Crippen LogP contribution in [0.1, 0.15) is 138 Å². The fourth-order valence-electron chi connectivity index (χ4n) is 11.1. The Labute approximate surface area is 546 Å². The van der Waals surface area contributed by atoms with E-state index in [-0.39, 0.29) is 71.1 Å². The van der Waals surface area contributed by atoms with Crippen LogP contribution in [-0.2, 0) is 73.5 Å². The van der Waals surface area contributed by atoms with E-state index in [1.165, 1.54) is 16.7 Å². The van der Waals surface area contributed by atoms with Crippen LogP contribution < -0.4 is 70.8 Å². The number of aromatic nitrogens is 1. The second kappa shape index (κ2) is 37.8. The molecule has 0 spiro atoms. The van der Waals surface area contributed by atoms with Gasteiger partial charge in [-0.25, -0.2) is 4.79 Å². The number of hydrogen-bond acceptors (Lipinski definition) is 17. The van der Waals surface area contributed by atoms with Gasteiger partial charge in [0.2, 0.25) is 70.9 Å². The molecule has 0 aliphatic carbocycles. The zero-order chi connectivity index (χ0) is 70.1. The first-order valence-electron chi connectivity index (χ1n) is 32.1. The number of nitrogens with zero attached hydrogens (tertiary/aromatic N) is 2. The lowest BCUT2D eigenvalue weighted by molar-refractivity contribution is -0.148. The number of rotatable bonds is 39. The largest absolute Gasteiger partial charge is 0.481 e. The van der Waals surface area contributed by atoms with Crippen LogP contribution in [0.15, 0.2) is 30.5 Å². The number of unbranched alkanes of at least 4 members (excludes halogenated alkanes) is 2. The smallest absolute Gasteiger partial charge is 0.326 e. The van der Waals surface area contributed by atoms with Crippen LogP contribution in [0.3, 0.4) is 0 Å². The van der Waals surface area contributed by atoms with Crippen molar-refractivity contribution >= 4 is 93.7 Å². The standard InChI is InChI=1S/C62H98N16O16/c1-32(2)49(75-53(84)38(65)29-48(81)82)59(90)72-40(18-10-12-24-63)55(86)69-35(7)52(83)76-50(33(3)4)61(92)78-27-15-21-45(78)60(91)77-26-14-20-44(77)58(89)73-43(28-36-30-67-39-17-9-8-16-37(36)39)57(88)70-41(19-11-13-25-64)56(87)71-42(22-23-46(66)79)54(85)68-31-47(80)74-51(34(5)6)62(93)94/h8-9,16-17,30,32-35,38,40-45,49-51,67H,10-15,18-29,31,63-65H2,1-7H3,(H2,66,79)(H,68,85)(H,69,86)(H,70,88)(H,71,87)(H,72,90)(H,73,89)(H,74,80)(H,75,84)(H,76,83)(H,81,82)(H,93,94)/t35-,38-,40-,41-,42-,43-,44+,45-,49-,50-,51-/m0/s1. The number of nitrogens with one attached hydrogen (secondary N) is 10. The molecule has 1 aromatic heterocycles. The van der Waals surface area contributed by atoms with Crippen LogP contribution in [-0.4, -0.2) is 207 Å². The van der Waals surface area contributed by atoms with Crippen LogP contribution in [0, 0.1) is 17.8 Å². The number of H-pyrrole nitrogens is 1. The number of carboxylic acids is 2. The molecule has 2 aliphatic rings. The third-order valence-electron chi connectivity index (χ3n) is 16.5. The minimum Gasteiger partial charge on any atom is -0.481 e. The molecule has 1 aromatic carbocycles. The monoisotopic (exact) mass is 1320 g/mol. The van der Waals surface area contributed by atoms with Gasteiger partial charge in [-0.2, -0.15) is 0 Å². The number of nitrogens with two attached hydrogens (primary N) is 4. The molecule has 4 rings (SSSR count). The van der Waals surface area contributed by atoms with E-state index in [4.69, 9.17) is 28.0 Å². The SMILES string of the molecule is CC(C)[C@H](NC(=O)CNC(=O)[C@H](CCC(N)=O)NC(=O)[C@H](CCCCN)NC(=O)[C@H](Cc1c[nH]c2ccccc12)NC(=O)[C@H]1CCCN1C(=O)[C@@H]1CCCN1C(=O)[C@@H](NC(=O)[C@H](C)NC(=O)[C@H](CCCCN)NC(=O)[C@@H](NC(=O)[C@@H](N)CC(=O)O)C(C)C)C(C)C)C(=O)O. The summed E-state index contributed by atoms with van der Waals surface area (Å²) in [6.07, 6.45) is 2.91. The third kappa shape index (κ3) is 23.4. The molecule has 0 saturated carbocycles. The minimum atomic E-state index is -1.48. The maximum absolute atomic E-state index is 14.8. The Bertz CT molecular complexity index is 3010. The number of benzene rings is 1. The van der Waals surface area contributed by atoms with Crippen molar-refractivity contribution < 1.29 is 77.3 Å². The Balaban J connectivity index is 1.53. The van der Waals surface area contributed by atoms with Crippen LogP contribution in [0.2, 0.25) is 0 Å². The molecule has 2 aliphatic heterocycles. The number of aromatic amines is 1. The van der Waals surface area contributed by atoms with E-state index in [1.54, 1.807) is 59.9 Å². The van der Waals surface area contributed by atoms with Gasteiger partial charge in [-0.3, -0.25) is 62.3 Å². The van der Waals surface area contributed by atoms with Crippen molar-refractivity contribution in [1.29, 1.82) is 0 Å². The Morgan fingerprint density at radius 2 is 1.11 bits per heavy atom. The molecule has 2 aromatic rings. The molecule has 0 bridgehead atoms. The first-order chi connectivity index (χ1) is 44.4. The van der Waals surface area contributed by atoms with Gasteiger partial charge in [0.15, 0.2) is 0 Å². The number of likely N-dealkylation sites (tertiary alicyclic amines) is 2. The maximum Gasteiger partial charge on any atom is 0.326 e. The van der Waals surface area contributed by atoms with Gasteiger partial charge < -0.3 is 95.8 Å². The summed E-state index contributed by atoms with van der Waals surface area (Å²) in [6.45, 7) is 11.2. The fraction of sp³-hybridized carbons (Fsp3) is 0.645. The van der Waals surface area contributed by atoms with Gasteiger partial charge in [-0.1, -0.05) is 59.7 Å². The lowest BCUT2D eigenvalue weighted by Crippen LogP contribution is -2.61. The highest BCUT2D eigenvalue weighted by molar-refractivity contribution is 6.00. The number of amides is 12. The molecule has 0 radical (unpaired) electrons. The second-order valence-corrected chi connectivity index (χ2v) is 25.0. The number of carbonyl (C=O) groups excluding carboxylic acids is 12. The summed E-state index contributed by atoms with van der Waals surface area (Å²) in [5.41, 5.74) is 24.0. The normalized spacial score (nSPS) is 17.5. The number of primary amides is 1. The molecule has 20 N–H and O–H groups in total. The van der Waals surface area contributed by atoms with Gasteiger partial charge in [-0.05, 0) is 120 Å². The van der Waals surface area contributed by atoms with E-state index in [0.717, 1.165) is 10.9 Å². The van der Waals surface area contributed by atoms with Crippen molar-refractivity contribution in [2.45, 2.75) is 205 Å². The van der Waals surface area contributed by atoms with Crippen molar-refractivity contribution in [3.8, 4) is 0 Å². The molecule has 522 valence electrons. The Hall–Kier alpha value is -8.78. The summed E-state index contributed by atoms with van der Waals surface area (Å²) in [6, 6.07) is -6.91. The molecule has 32 heteroatoms. The highest BCUT2D eigenvalue weighted by Crippen LogP contribution is 2.27. The van der Waals surface area contributed by atoms with E-state index in [2.05, 4.69) is 52.8 Å². The number of carbonyl (C=O) groups is 14. The lowest BCUT2D eigenvalue weighted by atomic mass is 10.0. The minimum absolute atomic E-state index is 0.0159. The van der Waals surface area contributed by atoms with Crippen LogP contribution in [0.25, 0.3) is 10.9 Å². The van der Waals surface area contributed by atoms with E-state index in [9.17, 15) is 72.2 Å². The molecule has 94 heavy (non-hydrogen) atoms. The van der Waals surface area contributed by atoms with Gasteiger partial charge in [0.1, 0.15) is 60.4 Å². The van der Waals surface area contributed by atoms with Crippen LogP contribution in [0.5, 0.6) is 0 Å². The first kappa shape index (κ1) is 77.7. The summed E-state index contributed by atoms with van der Waals surface area (Å²) < 4.78 is 0. The van der Waals surface area contributed by atoms with Crippen molar-refractivity contribution in [2.24, 2.45) is 40.7 Å². The predicted octanol–water partition coefficient (Wildman–Crippen LogP) is -2.92. The maximum atomic E-state index is 14.8. The van der Waals surface area contributed by atoms with Crippen molar-refractivity contribution in [3.05, 3.63) is 36.0 Å². The number of fused-ring (bicyclic) bond motifs is 1. The zero-order valence-corrected chi connectivity index (χ0v) is 54.7. The van der Waals surface area contributed by atoms with E-state index < -0.39 is 180 Å². The van der Waals surface area contributed by atoms with Gasteiger partial charge in [0, 0.05) is 43.0 Å². The molecule has 3 heterocycles. The fourth-order valence-corrected chi connectivity index (χ4v) is 11.1. The number of para-hydroxylation sites is 1. The summed E-state index contributed by atoms with van der Waals surface area (Å²) in [5.74, 6) is -13.5. The summed E-state index contributed by atoms with van der Waals surface area (Å²) in [5, 5.41) is 42.6. The zero-order valence-electron chi connectivity index (χ0n) is 54.7. The summed E-state index contributed by atoms with van der Waals surface area (Å²) in [7, 11) is 0. The van der Waals surface area contributed by atoms with Crippen molar-refractivity contribution in [2.75, 3.05) is 32.7 Å². The summed E-state index contributed by atoms with van der Waals surface area (Å²) >= 11 is 0. The Kier molecular flexibility index (Phi) is 31.2. The van der Waals surface area contributed by atoms with Crippen LogP contribution in [0.4, 0.5) is 0 Å². The molecular weight excluding hydrogens is 1220 g/mol. The Morgan fingerprint density at radius 3 is 1.67 bits per heavy atom. The third-order valence-corrected chi connectivity index (χ3v) is 16.5. The first-order valence-corrected chi connectivity index (χ1v) is 32.1. The highest BCUT2D eigenvalue weighted by atomic mass is 16.4. The molecule has 2 fully saturated rings. The molecule has 0 unspecified atom stereocenters. The number of carboxylic acid groups (broad SMARTS) is 2. The molecule has 2 saturated heterocycles. The van der Waals surface area contributed by atoms with E-state index in [0.29, 0.717) is 44.1 Å². The quantitative estimate of drug-likeness (QED) is 0.0298. The number of aliphatic carboxylic acids is 2. The van der Waals surface area contributed by atoms with Crippen molar-refractivity contribution in [3.63, 3.8) is 0 Å². The van der Waals surface area contributed by atoms with Gasteiger partial charge in [0.25, 0.3) is 0 Å². The average Bonchev–Trinajstić information content (AvgIpc) is 1.67. The number of hydrogen-bond donors (Lipinski definition) is 16. The van der Waals surface area contributed by atoms with Gasteiger partial charge >= 0.3 is 11.9 Å². The second-order valence-electron chi connectivity index (χ2n) is 25.0. The molecule has 11 atom stereocenters. The van der Waals surface area contributed by atoms with Gasteiger partial charge in [0.05, 0.1) is 19.0 Å². The molecular formula is C62H98N16O16. The van der Waals surface area contributed by atoms with E-state index in [1.807, 2.05) is 12.1 Å². The topological polar surface area (TPSA) is 514 Å².